The number of hydrogen-bond donors (Lipinski definition) is 0. The minimum atomic E-state index is -2.15. The van der Waals surface area contributed by atoms with Crippen molar-refractivity contribution >= 4 is 6.08 Å². The summed E-state index contributed by atoms with van der Waals surface area (Å²) < 4.78 is 22.9. The van der Waals surface area contributed by atoms with Gasteiger partial charge in [-0.1, -0.05) is 67.5 Å². The molecule has 1 aliphatic carbocycles. The Morgan fingerprint density at radius 1 is 1.12 bits per heavy atom. The summed E-state index contributed by atoms with van der Waals surface area (Å²) in [5.74, 6) is 0. The fraction of sp³-hybridized carbons (Fsp3) is 0.174. The Morgan fingerprint density at radius 2 is 1.92 bits per heavy atom. The summed E-state index contributed by atoms with van der Waals surface area (Å²) in [6.07, 6.45) is 3.41. The third-order valence-corrected chi connectivity index (χ3v) is 4.90. The smallest absolute Gasteiger partial charge is 0.0279 e. The summed E-state index contributed by atoms with van der Waals surface area (Å²) in [5, 5.41) is 0. The molecule has 1 nitrogen and oxygen atoms in total. The molecular weight excluding hydrogens is 482 g/mol. The maximum absolute atomic E-state index is 7.63. The van der Waals surface area contributed by atoms with Gasteiger partial charge in [-0.05, 0) is 35.2 Å². The van der Waals surface area contributed by atoms with Crippen molar-refractivity contribution in [2.75, 3.05) is 0 Å². The van der Waals surface area contributed by atoms with E-state index in [1.165, 1.54) is 22.3 Å². The molecule has 0 atom stereocenters. The number of aryl methyl sites for hydroxylation is 1. The van der Waals surface area contributed by atoms with Crippen LogP contribution in [0.3, 0.4) is 0 Å². The van der Waals surface area contributed by atoms with Gasteiger partial charge in [0.25, 0.3) is 0 Å². The Labute approximate surface area is 167 Å². The van der Waals surface area contributed by atoms with E-state index in [9.17, 15) is 0 Å². The number of aromatic nitrogens is 1. The summed E-state index contributed by atoms with van der Waals surface area (Å²) in [5.41, 5.74) is 7.53. The minimum absolute atomic E-state index is 0. The number of nitrogens with zero attached hydrogens (tertiary/aromatic N) is 1. The minimum Gasteiger partial charge on any atom is -0.305 e. The first-order valence-electron chi connectivity index (χ1n) is 9.52. The topological polar surface area (TPSA) is 12.9 Å². The quantitative estimate of drug-likeness (QED) is 0.401. The molecule has 0 saturated carbocycles. The number of benzene rings is 2. The van der Waals surface area contributed by atoms with E-state index in [1.807, 2.05) is 12.1 Å². The largest absolute Gasteiger partial charge is 0.305 e. The molecule has 0 aliphatic heterocycles. The molecule has 1 radical (unpaired) electrons. The molecule has 1 aliphatic rings. The third-order valence-electron chi connectivity index (χ3n) is 4.90. The van der Waals surface area contributed by atoms with Gasteiger partial charge in [0.05, 0.1) is 0 Å². The SMILES string of the molecule is [2H]C([2H])([2H])c1ccnc(-c2[c-]cc3c(c2)C(C)(C)c2cc(C=C)ccc2-3)c1.[Ir]. The third kappa shape index (κ3) is 2.80. The average Bonchev–Trinajstić information content (AvgIpc) is 2.88. The van der Waals surface area contributed by atoms with Gasteiger partial charge in [0.1, 0.15) is 0 Å². The second-order valence-corrected chi connectivity index (χ2v) is 6.74. The molecule has 0 spiro atoms. The molecule has 0 N–H and O–H groups in total. The molecule has 4 rings (SSSR count). The van der Waals surface area contributed by atoms with Crippen LogP contribution in [0.4, 0.5) is 0 Å². The van der Waals surface area contributed by atoms with Crippen LogP contribution in [0.15, 0.2) is 55.2 Å². The van der Waals surface area contributed by atoms with Crippen LogP contribution in [0.25, 0.3) is 28.5 Å². The van der Waals surface area contributed by atoms with Gasteiger partial charge in [-0.15, -0.1) is 29.3 Å². The van der Waals surface area contributed by atoms with Crippen LogP contribution in [0, 0.1) is 12.9 Å². The van der Waals surface area contributed by atoms with E-state index < -0.39 is 6.85 Å². The van der Waals surface area contributed by atoms with Crippen LogP contribution >= 0.6 is 0 Å². The van der Waals surface area contributed by atoms with E-state index in [-0.39, 0.29) is 25.5 Å². The molecule has 3 aromatic rings. The summed E-state index contributed by atoms with van der Waals surface area (Å²) in [6.45, 7) is 6.14. The number of rotatable bonds is 2. The number of fused-ring (bicyclic) bond motifs is 3. The van der Waals surface area contributed by atoms with Crippen molar-refractivity contribution in [3.8, 4) is 22.4 Å². The van der Waals surface area contributed by atoms with Crippen molar-refractivity contribution < 1.29 is 24.2 Å². The number of pyridine rings is 1. The van der Waals surface area contributed by atoms with E-state index in [1.54, 1.807) is 18.3 Å². The van der Waals surface area contributed by atoms with Crippen LogP contribution in [0.5, 0.6) is 0 Å². The summed E-state index contributed by atoms with van der Waals surface area (Å²) in [6, 6.07) is 17.0. The van der Waals surface area contributed by atoms with Gasteiger partial charge in [-0.3, -0.25) is 0 Å². The van der Waals surface area contributed by atoms with Crippen LogP contribution in [-0.2, 0) is 25.5 Å². The van der Waals surface area contributed by atoms with Gasteiger partial charge in [-0.25, -0.2) is 0 Å². The van der Waals surface area contributed by atoms with Crippen molar-refractivity contribution in [3.63, 3.8) is 0 Å². The van der Waals surface area contributed by atoms with Gasteiger partial charge < -0.3 is 4.98 Å². The van der Waals surface area contributed by atoms with Crippen molar-refractivity contribution in [3.05, 3.63) is 83.6 Å². The maximum atomic E-state index is 7.63. The Kier molecular flexibility index (Phi) is 3.61. The average molecular weight is 506 g/mol. The van der Waals surface area contributed by atoms with E-state index >= 15 is 0 Å². The molecule has 0 bridgehead atoms. The predicted octanol–water partition coefficient (Wildman–Crippen LogP) is 5.80. The predicted molar refractivity (Wildman–Crippen MR) is 101 cm³/mol. The Balaban J connectivity index is 0.00000225. The first kappa shape index (κ1) is 14.2. The fourth-order valence-corrected chi connectivity index (χ4v) is 3.54. The molecule has 25 heavy (non-hydrogen) atoms. The zero-order valence-electron chi connectivity index (χ0n) is 17.2. The van der Waals surface area contributed by atoms with E-state index in [2.05, 4.69) is 55.7 Å². The second kappa shape index (κ2) is 6.37. The first-order chi connectivity index (χ1) is 12.7. The van der Waals surface area contributed by atoms with Crippen LogP contribution < -0.4 is 0 Å². The molecule has 0 amide bonds. The van der Waals surface area contributed by atoms with Crippen LogP contribution in [0.1, 0.15) is 40.2 Å². The fourth-order valence-electron chi connectivity index (χ4n) is 3.54. The molecule has 1 heterocycles. The van der Waals surface area contributed by atoms with Crippen LogP contribution in [0.2, 0.25) is 0 Å². The molecular formula is C23H20IrN-. The van der Waals surface area contributed by atoms with Gasteiger partial charge in [0.2, 0.25) is 0 Å². The van der Waals surface area contributed by atoms with Crippen LogP contribution in [-0.4, -0.2) is 4.98 Å². The molecule has 127 valence electrons. The molecule has 0 unspecified atom stereocenters. The molecule has 2 aromatic carbocycles. The molecule has 0 fully saturated rings. The normalized spacial score (nSPS) is 15.8. The first-order valence-corrected chi connectivity index (χ1v) is 8.02. The summed E-state index contributed by atoms with van der Waals surface area (Å²) in [4.78, 5) is 4.38. The van der Waals surface area contributed by atoms with Crippen molar-refractivity contribution in [2.24, 2.45) is 0 Å². The summed E-state index contributed by atoms with van der Waals surface area (Å²) in [7, 11) is 0. The maximum Gasteiger partial charge on any atom is 0.0279 e. The Hall–Kier alpha value is -2.02. The number of hydrogen-bond acceptors (Lipinski definition) is 1. The van der Waals surface area contributed by atoms with E-state index in [0.29, 0.717) is 11.3 Å². The Bertz CT molecular complexity index is 1070. The molecule has 1 aromatic heterocycles. The van der Waals surface area contributed by atoms with E-state index in [0.717, 1.165) is 11.1 Å². The van der Waals surface area contributed by atoms with E-state index in [4.69, 9.17) is 4.11 Å². The molecule has 2 heteroatoms. The standard InChI is InChI=1S/C23H20N.Ir/c1-5-16-6-8-18-19-9-7-17(22-12-15(2)10-11-24-22)14-21(19)23(3,4)20(18)13-16;/h5-6,8-14H,1H2,2-4H3;/q-1;/i2D3;. The van der Waals surface area contributed by atoms with Crippen molar-refractivity contribution in [1.82, 2.24) is 4.98 Å². The summed E-state index contributed by atoms with van der Waals surface area (Å²) >= 11 is 0. The van der Waals surface area contributed by atoms with Gasteiger partial charge in [0.15, 0.2) is 0 Å². The van der Waals surface area contributed by atoms with Crippen molar-refractivity contribution in [2.45, 2.75) is 26.1 Å². The monoisotopic (exact) mass is 506 g/mol. The van der Waals surface area contributed by atoms with Crippen molar-refractivity contribution in [1.29, 1.82) is 0 Å². The second-order valence-electron chi connectivity index (χ2n) is 6.74. The van der Waals surface area contributed by atoms with Gasteiger partial charge >= 0.3 is 0 Å². The zero-order chi connectivity index (χ0) is 19.4. The zero-order valence-corrected chi connectivity index (χ0v) is 16.6. The molecule has 0 saturated heterocycles. The Morgan fingerprint density at radius 3 is 2.68 bits per heavy atom. The van der Waals surface area contributed by atoms with Gasteiger partial charge in [0, 0.05) is 30.4 Å². The van der Waals surface area contributed by atoms with Gasteiger partial charge in [-0.2, -0.15) is 0 Å².